The lowest BCUT2D eigenvalue weighted by Gasteiger charge is -2.19. The van der Waals surface area contributed by atoms with Gasteiger partial charge in [-0.25, -0.2) is 8.42 Å². The number of rotatable bonds is 6. The van der Waals surface area contributed by atoms with E-state index in [-0.39, 0.29) is 30.7 Å². The van der Waals surface area contributed by atoms with E-state index in [1.54, 1.807) is 45.2 Å². The molecule has 2 amide bonds. The summed E-state index contributed by atoms with van der Waals surface area (Å²) in [7, 11) is -0.906. The maximum absolute atomic E-state index is 13.1. The van der Waals surface area contributed by atoms with E-state index < -0.39 is 21.3 Å². The van der Waals surface area contributed by atoms with Crippen molar-refractivity contribution >= 4 is 27.5 Å². The Hall–Kier alpha value is -3.11. The van der Waals surface area contributed by atoms with Crippen LogP contribution >= 0.6 is 0 Å². The van der Waals surface area contributed by atoms with Crippen LogP contribution in [0.4, 0.5) is 5.69 Å². The van der Waals surface area contributed by atoms with Crippen LogP contribution in [0.15, 0.2) is 41.3 Å². The van der Waals surface area contributed by atoms with Crippen LogP contribution in [-0.4, -0.2) is 52.0 Å². The molecule has 0 saturated carbocycles. The molecular formula is C22H25N3O6S. The first-order valence-corrected chi connectivity index (χ1v) is 11.5. The minimum atomic E-state index is -3.93. The summed E-state index contributed by atoms with van der Waals surface area (Å²) >= 11 is 0. The lowest BCUT2D eigenvalue weighted by molar-refractivity contribution is -0.122. The number of likely N-dealkylation sites (N-methyl/N-ethyl adjacent to an activating group) is 2. The predicted molar refractivity (Wildman–Crippen MR) is 117 cm³/mol. The lowest BCUT2D eigenvalue weighted by atomic mass is 9.86. The summed E-state index contributed by atoms with van der Waals surface area (Å²) in [5.74, 6) is 0.722. The van der Waals surface area contributed by atoms with Crippen LogP contribution < -0.4 is 19.7 Å². The average molecular weight is 460 g/mol. The van der Waals surface area contributed by atoms with E-state index in [4.69, 9.17) is 9.47 Å². The normalized spacial score (nSPS) is 16.4. The number of benzene rings is 2. The van der Waals surface area contributed by atoms with Crippen molar-refractivity contribution < 1.29 is 27.5 Å². The molecule has 170 valence electrons. The maximum atomic E-state index is 13.1. The van der Waals surface area contributed by atoms with Crippen LogP contribution in [0.1, 0.15) is 25.0 Å². The number of ether oxygens (including phenoxy) is 2. The van der Waals surface area contributed by atoms with Crippen molar-refractivity contribution in [3.8, 4) is 11.5 Å². The SMILES string of the molecule is CN1C(=O)C(C)(C)c2cc(S(=O)(=O)N(C)CC(=O)NCc3ccc4c(c3)OCO4)ccc21. The van der Waals surface area contributed by atoms with Crippen molar-refractivity contribution in [3.05, 3.63) is 47.5 Å². The molecule has 2 heterocycles. The molecular weight excluding hydrogens is 434 g/mol. The van der Waals surface area contributed by atoms with Crippen LogP contribution in [0.2, 0.25) is 0 Å². The van der Waals surface area contributed by atoms with E-state index in [9.17, 15) is 18.0 Å². The van der Waals surface area contributed by atoms with E-state index in [0.29, 0.717) is 22.7 Å². The van der Waals surface area contributed by atoms with E-state index >= 15 is 0 Å². The fourth-order valence-electron chi connectivity index (χ4n) is 3.89. The average Bonchev–Trinajstić information content (AvgIpc) is 3.29. The molecule has 0 spiro atoms. The van der Waals surface area contributed by atoms with Gasteiger partial charge in [0.25, 0.3) is 0 Å². The molecule has 32 heavy (non-hydrogen) atoms. The van der Waals surface area contributed by atoms with Gasteiger partial charge < -0.3 is 19.7 Å². The second-order valence-corrected chi connectivity index (χ2v) is 10.4. The van der Waals surface area contributed by atoms with Crippen molar-refractivity contribution in [1.82, 2.24) is 9.62 Å². The largest absolute Gasteiger partial charge is 0.454 e. The predicted octanol–water partition coefficient (Wildman–Crippen LogP) is 1.61. The van der Waals surface area contributed by atoms with Gasteiger partial charge in [0.2, 0.25) is 28.6 Å². The number of anilines is 1. The van der Waals surface area contributed by atoms with Gasteiger partial charge in [0.1, 0.15) is 0 Å². The molecule has 0 aliphatic carbocycles. The fourth-order valence-corrected chi connectivity index (χ4v) is 5.04. The standard InChI is InChI=1S/C22H25N3O6S/c1-22(2)16-10-15(6-7-17(16)25(4)21(22)27)32(28,29)24(3)12-20(26)23-11-14-5-8-18-19(9-14)31-13-30-18/h5-10H,11-13H2,1-4H3,(H,23,26). The van der Waals surface area contributed by atoms with Gasteiger partial charge in [-0.1, -0.05) is 6.07 Å². The summed E-state index contributed by atoms with van der Waals surface area (Å²) in [6.07, 6.45) is 0. The van der Waals surface area contributed by atoms with E-state index in [1.807, 2.05) is 0 Å². The van der Waals surface area contributed by atoms with Crippen LogP contribution in [-0.2, 0) is 31.6 Å². The Morgan fingerprint density at radius 3 is 2.62 bits per heavy atom. The van der Waals surface area contributed by atoms with Gasteiger partial charge in [0.05, 0.1) is 16.9 Å². The Morgan fingerprint density at radius 1 is 1.16 bits per heavy atom. The zero-order valence-corrected chi connectivity index (χ0v) is 19.2. The molecule has 2 aliphatic heterocycles. The summed E-state index contributed by atoms with van der Waals surface area (Å²) in [6, 6.07) is 9.94. The van der Waals surface area contributed by atoms with E-state index in [1.165, 1.54) is 24.1 Å². The molecule has 0 fully saturated rings. The molecule has 9 nitrogen and oxygen atoms in total. The third-order valence-corrected chi connectivity index (χ3v) is 7.64. The Balaban J connectivity index is 1.44. The van der Waals surface area contributed by atoms with E-state index in [0.717, 1.165) is 9.87 Å². The molecule has 2 aliphatic rings. The van der Waals surface area contributed by atoms with Crippen molar-refractivity contribution in [2.75, 3.05) is 32.3 Å². The number of amides is 2. The highest BCUT2D eigenvalue weighted by atomic mass is 32.2. The molecule has 1 N–H and O–H groups in total. The molecule has 2 aromatic rings. The van der Waals surface area contributed by atoms with Gasteiger partial charge in [-0.15, -0.1) is 0 Å². The Labute approximate surface area is 187 Å². The van der Waals surface area contributed by atoms with Crippen LogP contribution in [0, 0.1) is 0 Å². The van der Waals surface area contributed by atoms with Gasteiger partial charge in [-0.05, 0) is 55.3 Å². The summed E-state index contributed by atoms with van der Waals surface area (Å²) < 4.78 is 37.7. The monoisotopic (exact) mass is 459 g/mol. The first kappa shape index (κ1) is 22.1. The van der Waals surface area contributed by atoms with Crippen LogP contribution in [0.25, 0.3) is 0 Å². The molecule has 2 aromatic carbocycles. The number of carbonyl (C=O) groups excluding carboxylic acids is 2. The number of fused-ring (bicyclic) bond motifs is 2. The number of sulfonamides is 1. The second-order valence-electron chi connectivity index (χ2n) is 8.39. The summed E-state index contributed by atoms with van der Waals surface area (Å²) in [5.41, 5.74) is 1.31. The molecule has 0 aromatic heterocycles. The number of hydrogen-bond acceptors (Lipinski definition) is 6. The lowest BCUT2D eigenvalue weighted by Crippen LogP contribution is -2.38. The molecule has 0 bridgehead atoms. The third-order valence-electron chi connectivity index (χ3n) is 5.84. The zero-order chi connectivity index (χ0) is 23.3. The number of nitrogens with one attached hydrogen (secondary N) is 1. The first-order chi connectivity index (χ1) is 15.0. The van der Waals surface area contributed by atoms with Gasteiger partial charge in [-0.3, -0.25) is 9.59 Å². The minimum Gasteiger partial charge on any atom is -0.454 e. The van der Waals surface area contributed by atoms with Crippen LogP contribution in [0.3, 0.4) is 0 Å². The highest BCUT2D eigenvalue weighted by molar-refractivity contribution is 7.89. The number of hydrogen-bond donors (Lipinski definition) is 1. The van der Waals surface area contributed by atoms with Crippen molar-refractivity contribution in [2.24, 2.45) is 0 Å². The highest BCUT2D eigenvalue weighted by Gasteiger charge is 2.43. The maximum Gasteiger partial charge on any atom is 0.243 e. The Morgan fingerprint density at radius 2 is 1.88 bits per heavy atom. The Kier molecular flexibility index (Phi) is 5.38. The summed E-state index contributed by atoms with van der Waals surface area (Å²) in [5, 5.41) is 2.72. The van der Waals surface area contributed by atoms with Crippen molar-refractivity contribution in [1.29, 1.82) is 0 Å². The molecule has 10 heteroatoms. The zero-order valence-electron chi connectivity index (χ0n) is 18.3. The highest BCUT2D eigenvalue weighted by Crippen LogP contribution is 2.41. The van der Waals surface area contributed by atoms with Gasteiger partial charge in [0, 0.05) is 26.3 Å². The van der Waals surface area contributed by atoms with Crippen molar-refractivity contribution in [2.45, 2.75) is 30.7 Å². The number of carbonyl (C=O) groups is 2. The second kappa shape index (κ2) is 7.79. The molecule has 4 rings (SSSR count). The Bertz CT molecular complexity index is 1210. The summed E-state index contributed by atoms with van der Waals surface area (Å²) in [6.45, 7) is 3.58. The smallest absolute Gasteiger partial charge is 0.243 e. The topological polar surface area (TPSA) is 105 Å². The first-order valence-electron chi connectivity index (χ1n) is 10.1. The number of nitrogens with zero attached hydrogens (tertiary/aromatic N) is 2. The fraction of sp³-hybridized carbons (Fsp3) is 0.364. The molecule has 0 radical (unpaired) electrons. The van der Waals surface area contributed by atoms with Crippen molar-refractivity contribution in [3.63, 3.8) is 0 Å². The molecule has 0 saturated heterocycles. The van der Waals surface area contributed by atoms with Crippen LogP contribution in [0.5, 0.6) is 11.5 Å². The van der Waals surface area contributed by atoms with Gasteiger partial charge in [0.15, 0.2) is 11.5 Å². The summed E-state index contributed by atoms with van der Waals surface area (Å²) in [4.78, 5) is 26.4. The quantitative estimate of drug-likeness (QED) is 0.704. The molecule has 0 unspecified atom stereocenters. The third kappa shape index (κ3) is 3.69. The minimum absolute atomic E-state index is 0.0403. The molecule has 0 atom stereocenters. The van der Waals surface area contributed by atoms with E-state index in [2.05, 4.69) is 5.32 Å². The van der Waals surface area contributed by atoms with Gasteiger partial charge in [-0.2, -0.15) is 4.31 Å². The van der Waals surface area contributed by atoms with Gasteiger partial charge >= 0.3 is 0 Å².